The number of aromatic nitrogens is 2. The summed E-state index contributed by atoms with van der Waals surface area (Å²) in [5.41, 5.74) is 2.79. The van der Waals surface area contributed by atoms with Gasteiger partial charge in [-0.25, -0.2) is 13.4 Å². The number of hydrogen-bond donors (Lipinski definition) is 1. The van der Waals surface area contributed by atoms with E-state index < -0.39 is 15.3 Å². The van der Waals surface area contributed by atoms with Crippen LogP contribution in [0.5, 0.6) is 0 Å². The summed E-state index contributed by atoms with van der Waals surface area (Å²) >= 11 is 0. The number of aryl methyl sites for hydroxylation is 1. The number of sulfone groups is 1. The minimum atomic E-state index is -3.90. The fourth-order valence-electron chi connectivity index (χ4n) is 4.13. The molecule has 0 saturated carbocycles. The lowest BCUT2D eigenvalue weighted by Gasteiger charge is -2.20. The van der Waals surface area contributed by atoms with Crippen molar-refractivity contribution in [2.75, 3.05) is 5.32 Å². The van der Waals surface area contributed by atoms with Crippen LogP contribution >= 0.6 is 0 Å². The molecule has 0 fully saturated rings. The van der Waals surface area contributed by atoms with Crippen LogP contribution < -0.4 is 10.7 Å². The van der Waals surface area contributed by atoms with Crippen molar-refractivity contribution in [3.8, 4) is 5.69 Å². The standard InChI is InChI=1S/C28H23N3O3S/c1-20-17-24-27(28(29-20)35(33,34)19-21-11-5-2-6-12-21)25(32)18-26(30-22-13-7-3-8-14-22)31(24)23-15-9-4-10-16-23/h2-18,30H,19H2,1H3. The second-order valence-corrected chi connectivity index (χ2v) is 10.2. The van der Waals surface area contributed by atoms with Crippen molar-refractivity contribution in [2.24, 2.45) is 0 Å². The highest BCUT2D eigenvalue weighted by Crippen LogP contribution is 2.29. The van der Waals surface area contributed by atoms with Gasteiger partial charge in [-0.3, -0.25) is 9.36 Å². The Balaban J connectivity index is 1.79. The van der Waals surface area contributed by atoms with E-state index in [9.17, 15) is 13.2 Å². The first-order valence-corrected chi connectivity index (χ1v) is 12.8. The Morgan fingerprint density at radius 2 is 1.43 bits per heavy atom. The number of hydrogen-bond acceptors (Lipinski definition) is 5. The van der Waals surface area contributed by atoms with E-state index in [1.165, 1.54) is 6.07 Å². The number of nitrogens with zero attached hydrogens (tertiary/aromatic N) is 2. The molecule has 0 saturated heterocycles. The second kappa shape index (κ2) is 9.19. The predicted molar refractivity (Wildman–Crippen MR) is 139 cm³/mol. The van der Waals surface area contributed by atoms with E-state index in [1.54, 1.807) is 37.3 Å². The zero-order chi connectivity index (χ0) is 24.4. The van der Waals surface area contributed by atoms with Crippen molar-refractivity contribution in [3.63, 3.8) is 0 Å². The molecule has 0 unspecified atom stereocenters. The summed E-state index contributed by atoms with van der Waals surface area (Å²) in [7, 11) is -3.90. The molecule has 174 valence electrons. The van der Waals surface area contributed by atoms with Crippen LogP contribution in [-0.4, -0.2) is 18.0 Å². The number of fused-ring (bicyclic) bond motifs is 1. The number of pyridine rings is 2. The first-order valence-electron chi connectivity index (χ1n) is 11.1. The molecular weight excluding hydrogens is 458 g/mol. The molecular formula is C28H23N3O3S. The minimum Gasteiger partial charge on any atom is -0.341 e. The van der Waals surface area contributed by atoms with E-state index in [2.05, 4.69) is 10.3 Å². The summed E-state index contributed by atoms with van der Waals surface area (Å²) in [5, 5.41) is 3.20. The smallest absolute Gasteiger partial charge is 0.200 e. The van der Waals surface area contributed by atoms with Gasteiger partial charge in [0.2, 0.25) is 9.84 Å². The Morgan fingerprint density at radius 1 is 0.829 bits per heavy atom. The lowest BCUT2D eigenvalue weighted by Crippen LogP contribution is -2.18. The van der Waals surface area contributed by atoms with E-state index in [-0.39, 0.29) is 16.2 Å². The molecule has 2 aromatic heterocycles. The lowest BCUT2D eigenvalue weighted by atomic mass is 10.2. The quantitative estimate of drug-likeness (QED) is 0.351. The SMILES string of the molecule is Cc1cc2c(c(S(=O)(=O)Cc3ccccc3)n1)c(=O)cc(Nc1ccccc1)n2-c1ccccc1. The Bertz CT molecular complexity index is 1670. The summed E-state index contributed by atoms with van der Waals surface area (Å²) in [4.78, 5) is 17.8. The van der Waals surface area contributed by atoms with Crippen molar-refractivity contribution in [2.45, 2.75) is 17.7 Å². The van der Waals surface area contributed by atoms with Crippen LogP contribution in [0.15, 0.2) is 113 Å². The maximum atomic E-state index is 13.5. The first-order chi connectivity index (χ1) is 16.9. The van der Waals surface area contributed by atoms with Gasteiger partial charge in [-0.2, -0.15) is 0 Å². The van der Waals surface area contributed by atoms with Crippen LogP contribution in [0.2, 0.25) is 0 Å². The van der Waals surface area contributed by atoms with Gasteiger partial charge in [0.05, 0.1) is 16.7 Å². The molecule has 2 heterocycles. The summed E-state index contributed by atoms with van der Waals surface area (Å²) < 4.78 is 28.9. The Hall–Kier alpha value is -4.23. The van der Waals surface area contributed by atoms with Gasteiger partial charge in [0.15, 0.2) is 10.5 Å². The van der Waals surface area contributed by atoms with Crippen LogP contribution in [0, 0.1) is 6.92 Å². The topological polar surface area (TPSA) is 81.1 Å². The van der Waals surface area contributed by atoms with Crippen molar-refractivity contribution in [1.29, 1.82) is 0 Å². The number of para-hydroxylation sites is 2. The van der Waals surface area contributed by atoms with Crippen molar-refractivity contribution in [3.05, 3.63) is 125 Å². The first kappa shape index (κ1) is 22.6. The number of rotatable bonds is 6. The third-order valence-corrected chi connectivity index (χ3v) is 7.24. The average molecular weight is 482 g/mol. The van der Waals surface area contributed by atoms with E-state index in [1.807, 2.05) is 71.3 Å². The number of benzene rings is 3. The molecule has 5 rings (SSSR count). The molecule has 0 spiro atoms. The number of nitrogens with one attached hydrogen (secondary N) is 1. The van der Waals surface area contributed by atoms with Gasteiger partial charge in [-0.1, -0.05) is 66.7 Å². The molecule has 0 bridgehead atoms. The van der Waals surface area contributed by atoms with Gasteiger partial charge in [-0.05, 0) is 42.8 Å². The van der Waals surface area contributed by atoms with Gasteiger partial charge in [0, 0.05) is 23.1 Å². The van der Waals surface area contributed by atoms with Gasteiger partial charge < -0.3 is 5.32 Å². The van der Waals surface area contributed by atoms with Crippen molar-refractivity contribution in [1.82, 2.24) is 9.55 Å². The molecule has 0 aliphatic heterocycles. The van der Waals surface area contributed by atoms with E-state index in [0.717, 1.165) is 11.4 Å². The van der Waals surface area contributed by atoms with Gasteiger partial charge in [0.25, 0.3) is 0 Å². The molecule has 0 aliphatic rings. The van der Waals surface area contributed by atoms with Crippen molar-refractivity contribution < 1.29 is 8.42 Å². The second-order valence-electron chi connectivity index (χ2n) is 8.26. The molecule has 6 nitrogen and oxygen atoms in total. The van der Waals surface area contributed by atoms with Crippen LogP contribution in [-0.2, 0) is 15.6 Å². The molecule has 0 aliphatic carbocycles. The molecule has 3 aromatic carbocycles. The van der Waals surface area contributed by atoms with Crippen LogP contribution in [0.25, 0.3) is 16.6 Å². The minimum absolute atomic E-state index is 0.0778. The van der Waals surface area contributed by atoms with Gasteiger partial charge in [0.1, 0.15) is 5.82 Å². The molecule has 0 radical (unpaired) electrons. The zero-order valence-corrected chi connectivity index (χ0v) is 19.9. The largest absolute Gasteiger partial charge is 0.341 e. The summed E-state index contributed by atoms with van der Waals surface area (Å²) in [5.74, 6) is 0.283. The molecule has 35 heavy (non-hydrogen) atoms. The molecule has 7 heteroatoms. The van der Waals surface area contributed by atoms with E-state index >= 15 is 0 Å². The molecule has 0 atom stereocenters. The summed E-state index contributed by atoms with van der Waals surface area (Å²) in [6, 6.07) is 31.1. The third kappa shape index (κ3) is 4.58. The zero-order valence-electron chi connectivity index (χ0n) is 19.0. The van der Waals surface area contributed by atoms with Crippen LogP contribution in [0.4, 0.5) is 11.5 Å². The maximum Gasteiger partial charge on any atom is 0.200 e. The fourth-order valence-corrected chi connectivity index (χ4v) is 5.70. The monoisotopic (exact) mass is 481 g/mol. The van der Waals surface area contributed by atoms with E-state index in [4.69, 9.17) is 0 Å². The highest BCUT2D eigenvalue weighted by molar-refractivity contribution is 7.90. The summed E-state index contributed by atoms with van der Waals surface area (Å²) in [6.45, 7) is 1.73. The molecule has 1 N–H and O–H groups in total. The highest BCUT2D eigenvalue weighted by Gasteiger charge is 2.25. The molecule has 5 aromatic rings. The van der Waals surface area contributed by atoms with Crippen LogP contribution in [0.3, 0.4) is 0 Å². The Morgan fingerprint density at radius 3 is 2.09 bits per heavy atom. The van der Waals surface area contributed by atoms with Gasteiger partial charge in [-0.15, -0.1) is 0 Å². The maximum absolute atomic E-state index is 13.5. The Labute approximate surface area is 203 Å². The Kier molecular flexibility index (Phi) is 5.93. The van der Waals surface area contributed by atoms with Crippen molar-refractivity contribution >= 4 is 32.2 Å². The average Bonchev–Trinajstić information content (AvgIpc) is 2.85. The number of anilines is 2. The summed E-state index contributed by atoms with van der Waals surface area (Å²) in [6.07, 6.45) is 0. The van der Waals surface area contributed by atoms with E-state index in [0.29, 0.717) is 22.6 Å². The fraction of sp³-hybridized carbons (Fsp3) is 0.0714. The highest BCUT2D eigenvalue weighted by atomic mass is 32.2. The normalized spacial score (nSPS) is 11.5. The van der Waals surface area contributed by atoms with Crippen LogP contribution in [0.1, 0.15) is 11.3 Å². The lowest BCUT2D eigenvalue weighted by molar-refractivity contribution is 0.592. The predicted octanol–water partition coefficient (Wildman–Crippen LogP) is 5.41. The molecule has 0 amide bonds. The third-order valence-electron chi connectivity index (χ3n) is 5.64. The van der Waals surface area contributed by atoms with Gasteiger partial charge >= 0.3 is 0 Å².